The Morgan fingerprint density at radius 3 is 2.78 bits per heavy atom. The zero-order valence-corrected chi connectivity index (χ0v) is 9.68. The van der Waals surface area contributed by atoms with Crippen LogP contribution in [0.1, 0.15) is 10.4 Å². The molecular weight excluding hydrogens is 260 g/mol. The van der Waals surface area contributed by atoms with Crippen molar-refractivity contribution in [2.45, 2.75) is 5.03 Å². The molecule has 0 radical (unpaired) electrons. The molecule has 0 bridgehead atoms. The average molecular weight is 268 g/mol. The van der Waals surface area contributed by atoms with Crippen LogP contribution in [0.5, 0.6) is 0 Å². The highest BCUT2D eigenvalue weighted by molar-refractivity contribution is 7.92. The van der Waals surface area contributed by atoms with E-state index in [2.05, 4.69) is 19.9 Å². The van der Waals surface area contributed by atoms with Crippen LogP contribution in [-0.2, 0) is 10.0 Å². The van der Waals surface area contributed by atoms with Crippen molar-refractivity contribution in [3.05, 3.63) is 36.3 Å². The third kappa shape index (κ3) is 2.46. The van der Waals surface area contributed by atoms with E-state index >= 15 is 0 Å². The van der Waals surface area contributed by atoms with Crippen LogP contribution in [0.3, 0.4) is 0 Å². The Balaban J connectivity index is 2.30. The number of nitrogens with zero attached hydrogens (tertiary/aromatic N) is 2. The number of nitrogens with one attached hydrogen (secondary N) is 2. The monoisotopic (exact) mass is 268 g/mol. The van der Waals surface area contributed by atoms with Crippen molar-refractivity contribution in [1.29, 1.82) is 0 Å². The Labute approximate surface area is 102 Å². The van der Waals surface area contributed by atoms with Gasteiger partial charge in [0.25, 0.3) is 10.0 Å². The van der Waals surface area contributed by atoms with Gasteiger partial charge in [0.15, 0.2) is 5.03 Å². The molecule has 18 heavy (non-hydrogen) atoms. The van der Waals surface area contributed by atoms with Gasteiger partial charge in [0.2, 0.25) is 0 Å². The molecule has 94 valence electrons. The lowest BCUT2D eigenvalue weighted by atomic mass is 10.3. The molecule has 0 spiro atoms. The quantitative estimate of drug-likeness (QED) is 0.732. The minimum absolute atomic E-state index is 0.0597. The molecule has 0 saturated carbocycles. The molecule has 0 aliphatic rings. The molecule has 8 nitrogen and oxygen atoms in total. The highest BCUT2D eigenvalue weighted by atomic mass is 32.2. The lowest BCUT2D eigenvalue weighted by Gasteiger charge is -2.05. The van der Waals surface area contributed by atoms with Crippen LogP contribution in [0, 0.1) is 0 Å². The van der Waals surface area contributed by atoms with Crippen LogP contribution in [0.25, 0.3) is 0 Å². The number of sulfonamides is 1. The van der Waals surface area contributed by atoms with Crippen LogP contribution in [-0.4, -0.2) is 34.7 Å². The van der Waals surface area contributed by atoms with E-state index in [1.165, 1.54) is 24.5 Å². The number of pyridine rings is 1. The molecule has 0 amide bonds. The number of carboxylic acids is 1. The number of rotatable bonds is 4. The second-order valence-electron chi connectivity index (χ2n) is 3.29. The van der Waals surface area contributed by atoms with E-state index in [-0.39, 0.29) is 16.3 Å². The first-order valence-corrected chi connectivity index (χ1v) is 6.18. The van der Waals surface area contributed by atoms with E-state index in [0.717, 1.165) is 6.20 Å². The molecule has 0 aliphatic carbocycles. The fourth-order valence-electron chi connectivity index (χ4n) is 1.22. The molecule has 3 N–H and O–H groups in total. The van der Waals surface area contributed by atoms with Gasteiger partial charge < -0.3 is 5.11 Å². The van der Waals surface area contributed by atoms with Gasteiger partial charge in [0, 0.05) is 6.20 Å². The van der Waals surface area contributed by atoms with Crippen molar-refractivity contribution in [3.63, 3.8) is 0 Å². The highest BCUT2D eigenvalue weighted by Gasteiger charge is 2.16. The summed E-state index contributed by atoms with van der Waals surface area (Å²) >= 11 is 0. The molecule has 0 saturated heterocycles. The maximum atomic E-state index is 11.8. The predicted molar refractivity (Wildman–Crippen MR) is 60.6 cm³/mol. The minimum Gasteiger partial charge on any atom is -0.478 e. The first-order valence-electron chi connectivity index (χ1n) is 4.69. The third-order valence-corrected chi connectivity index (χ3v) is 3.31. The molecule has 0 aromatic carbocycles. The van der Waals surface area contributed by atoms with Gasteiger partial charge in [-0.2, -0.15) is 13.5 Å². The Morgan fingerprint density at radius 2 is 2.17 bits per heavy atom. The molecule has 0 aliphatic heterocycles. The molecule has 2 aromatic heterocycles. The van der Waals surface area contributed by atoms with Crippen molar-refractivity contribution in [2.24, 2.45) is 0 Å². The lowest BCUT2D eigenvalue weighted by molar-refractivity contribution is 0.0696. The largest absolute Gasteiger partial charge is 0.478 e. The summed E-state index contributed by atoms with van der Waals surface area (Å²) in [6, 6.07) is 2.44. The van der Waals surface area contributed by atoms with Crippen molar-refractivity contribution in [1.82, 2.24) is 15.2 Å². The number of hydrogen-bond acceptors (Lipinski definition) is 5. The first kappa shape index (κ1) is 12.0. The minimum atomic E-state index is -3.81. The number of anilines is 1. The predicted octanol–water partition coefficient (Wildman–Crippen LogP) is 0.304. The Hall–Kier alpha value is -2.42. The summed E-state index contributed by atoms with van der Waals surface area (Å²) in [5.41, 5.74) is -0.0516. The van der Waals surface area contributed by atoms with E-state index in [9.17, 15) is 13.2 Å². The molecular formula is C9H8N4O4S. The van der Waals surface area contributed by atoms with E-state index in [1.807, 2.05) is 0 Å². The summed E-state index contributed by atoms with van der Waals surface area (Å²) in [5, 5.41) is 14.5. The second-order valence-corrected chi connectivity index (χ2v) is 4.94. The van der Waals surface area contributed by atoms with Gasteiger partial charge in [-0.05, 0) is 12.1 Å². The number of carbonyl (C=O) groups is 1. The van der Waals surface area contributed by atoms with Gasteiger partial charge in [-0.3, -0.25) is 14.8 Å². The Morgan fingerprint density at radius 1 is 1.39 bits per heavy atom. The van der Waals surface area contributed by atoms with Gasteiger partial charge in [-0.15, -0.1) is 0 Å². The molecule has 2 aromatic rings. The zero-order chi connectivity index (χ0) is 13.2. The fraction of sp³-hybridized carbons (Fsp3) is 0. The van der Waals surface area contributed by atoms with Crippen molar-refractivity contribution in [3.8, 4) is 0 Å². The number of carboxylic acid groups (broad SMARTS) is 1. The maximum Gasteiger partial charge on any atom is 0.337 e. The van der Waals surface area contributed by atoms with Gasteiger partial charge in [0.1, 0.15) is 0 Å². The standard InChI is InChI=1S/C9H8N4O4S/c14-9(15)6-3-7(5-10-4-6)13-18(16,17)8-1-2-11-12-8/h1-5,13H,(H,11,12)(H,14,15). The molecule has 0 fully saturated rings. The summed E-state index contributed by atoms with van der Waals surface area (Å²) < 4.78 is 25.8. The SMILES string of the molecule is O=C(O)c1cncc(NS(=O)(=O)c2ccn[nH]2)c1. The van der Waals surface area contributed by atoms with Crippen molar-refractivity contribution in [2.75, 3.05) is 4.72 Å². The van der Waals surface area contributed by atoms with Crippen LogP contribution in [0.4, 0.5) is 5.69 Å². The van der Waals surface area contributed by atoms with Gasteiger partial charge in [-0.25, -0.2) is 4.79 Å². The first-order chi connectivity index (χ1) is 8.49. The number of H-pyrrole nitrogens is 1. The van der Waals surface area contributed by atoms with Gasteiger partial charge >= 0.3 is 5.97 Å². The second kappa shape index (κ2) is 4.45. The smallest absolute Gasteiger partial charge is 0.337 e. The molecule has 9 heteroatoms. The maximum absolute atomic E-state index is 11.8. The van der Waals surface area contributed by atoms with E-state index in [0.29, 0.717) is 0 Å². The summed E-state index contributed by atoms with van der Waals surface area (Å²) in [7, 11) is -3.81. The number of aromatic nitrogens is 3. The molecule has 2 rings (SSSR count). The summed E-state index contributed by atoms with van der Waals surface area (Å²) in [6.45, 7) is 0. The normalized spacial score (nSPS) is 11.1. The number of aromatic amines is 1. The number of hydrogen-bond donors (Lipinski definition) is 3. The highest BCUT2D eigenvalue weighted by Crippen LogP contribution is 2.14. The van der Waals surface area contributed by atoms with Crippen LogP contribution >= 0.6 is 0 Å². The van der Waals surface area contributed by atoms with Crippen LogP contribution in [0.15, 0.2) is 35.7 Å². The molecule has 0 atom stereocenters. The number of aromatic carboxylic acids is 1. The lowest BCUT2D eigenvalue weighted by Crippen LogP contribution is -2.14. The Kier molecular flexibility index (Phi) is 2.98. The van der Waals surface area contributed by atoms with Gasteiger partial charge in [-0.1, -0.05) is 0 Å². The topological polar surface area (TPSA) is 125 Å². The van der Waals surface area contributed by atoms with Crippen LogP contribution in [0.2, 0.25) is 0 Å². The third-order valence-electron chi connectivity index (χ3n) is 2.00. The van der Waals surface area contributed by atoms with Crippen LogP contribution < -0.4 is 4.72 Å². The molecule has 0 unspecified atom stereocenters. The van der Waals surface area contributed by atoms with Crippen molar-refractivity contribution < 1.29 is 18.3 Å². The summed E-state index contributed by atoms with van der Waals surface area (Å²) in [5.74, 6) is -1.19. The fourth-order valence-corrected chi connectivity index (χ4v) is 2.16. The van der Waals surface area contributed by atoms with E-state index in [1.54, 1.807) is 0 Å². The van der Waals surface area contributed by atoms with E-state index < -0.39 is 16.0 Å². The summed E-state index contributed by atoms with van der Waals surface area (Å²) in [4.78, 5) is 14.4. The average Bonchev–Trinajstić information content (AvgIpc) is 2.82. The van der Waals surface area contributed by atoms with Crippen molar-refractivity contribution >= 4 is 21.7 Å². The van der Waals surface area contributed by atoms with E-state index in [4.69, 9.17) is 5.11 Å². The molecule has 2 heterocycles. The van der Waals surface area contributed by atoms with Gasteiger partial charge in [0.05, 0.1) is 23.6 Å². The summed E-state index contributed by atoms with van der Waals surface area (Å²) in [6.07, 6.45) is 3.62. The zero-order valence-electron chi connectivity index (χ0n) is 8.86. The Bertz CT molecular complexity index is 666.